The standard InChI is InChI=1S/C21H16ClNO5/c22-14-5-7-18-16(9-14)17(24)10-19(28-18)21(26)27-11-20(25)23-15-6-4-12-2-1-3-13(12)8-15/h4-10H,1-3,11H2,(H,23,25). The van der Waals surface area contributed by atoms with Crippen molar-refractivity contribution in [1.82, 2.24) is 0 Å². The second-order valence-corrected chi connectivity index (χ2v) is 7.01. The van der Waals surface area contributed by atoms with Crippen molar-refractivity contribution in [3.63, 3.8) is 0 Å². The number of fused-ring (bicyclic) bond motifs is 2. The van der Waals surface area contributed by atoms with Crippen LogP contribution in [0.3, 0.4) is 0 Å². The summed E-state index contributed by atoms with van der Waals surface area (Å²) in [5, 5.41) is 3.35. The van der Waals surface area contributed by atoms with Gasteiger partial charge in [0.1, 0.15) is 5.58 Å². The van der Waals surface area contributed by atoms with Crippen LogP contribution in [0.2, 0.25) is 5.02 Å². The number of carbonyl (C=O) groups excluding carboxylic acids is 2. The number of esters is 1. The molecule has 1 heterocycles. The maximum absolute atomic E-state index is 12.2. The minimum atomic E-state index is -0.891. The average molecular weight is 398 g/mol. The summed E-state index contributed by atoms with van der Waals surface area (Å²) in [5.74, 6) is -1.63. The maximum Gasteiger partial charge on any atom is 0.374 e. The highest BCUT2D eigenvalue weighted by Crippen LogP contribution is 2.25. The number of hydrogen-bond acceptors (Lipinski definition) is 5. The van der Waals surface area contributed by atoms with Crippen molar-refractivity contribution in [2.24, 2.45) is 0 Å². The summed E-state index contributed by atoms with van der Waals surface area (Å²) in [7, 11) is 0. The second kappa shape index (κ2) is 7.48. The summed E-state index contributed by atoms with van der Waals surface area (Å²) >= 11 is 5.86. The summed E-state index contributed by atoms with van der Waals surface area (Å²) in [6.07, 6.45) is 3.18. The SMILES string of the molecule is O=C(COC(=O)c1cc(=O)c2cc(Cl)ccc2o1)Nc1ccc2c(c1)CCC2. The van der Waals surface area contributed by atoms with Gasteiger partial charge in [-0.15, -0.1) is 0 Å². The van der Waals surface area contributed by atoms with E-state index in [9.17, 15) is 14.4 Å². The number of rotatable bonds is 4. The van der Waals surface area contributed by atoms with Crippen LogP contribution in [0.1, 0.15) is 28.1 Å². The molecule has 0 aliphatic heterocycles. The molecule has 2 aromatic carbocycles. The first-order valence-corrected chi connectivity index (χ1v) is 9.19. The Labute approximate surface area is 165 Å². The van der Waals surface area contributed by atoms with E-state index in [0.29, 0.717) is 10.7 Å². The fourth-order valence-corrected chi connectivity index (χ4v) is 3.45. The Morgan fingerprint density at radius 3 is 2.75 bits per heavy atom. The van der Waals surface area contributed by atoms with Gasteiger partial charge in [0, 0.05) is 16.8 Å². The molecule has 0 unspecified atom stereocenters. The lowest BCUT2D eigenvalue weighted by Gasteiger charge is -2.08. The molecule has 0 radical (unpaired) electrons. The van der Waals surface area contributed by atoms with Gasteiger partial charge in [-0.1, -0.05) is 17.7 Å². The highest BCUT2D eigenvalue weighted by Gasteiger charge is 2.16. The zero-order valence-corrected chi connectivity index (χ0v) is 15.5. The lowest BCUT2D eigenvalue weighted by Crippen LogP contribution is -2.21. The van der Waals surface area contributed by atoms with Crippen molar-refractivity contribution < 1.29 is 18.7 Å². The fraction of sp³-hybridized carbons (Fsp3) is 0.190. The second-order valence-electron chi connectivity index (χ2n) is 6.58. The van der Waals surface area contributed by atoms with Crippen molar-refractivity contribution in [1.29, 1.82) is 0 Å². The molecule has 3 aromatic rings. The molecule has 7 heteroatoms. The molecule has 1 amide bonds. The molecule has 1 aromatic heterocycles. The Morgan fingerprint density at radius 2 is 1.89 bits per heavy atom. The van der Waals surface area contributed by atoms with Crippen LogP contribution >= 0.6 is 11.6 Å². The van der Waals surface area contributed by atoms with Crippen molar-refractivity contribution >= 4 is 40.1 Å². The maximum atomic E-state index is 12.2. The lowest BCUT2D eigenvalue weighted by atomic mass is 10.1. The predicted molar refractivity (Wildman–Crippen MR) is 105 cm³/mol. The van der Waals surface area contributed by atoms with Crippen molar-refractivity contribution in [2.45, 2.75) is 19.3 Å². The third-order valence-electron chi connectivity index (χ3n) is 4.61. The topological polar surface area (TPSA) is 85.6 Å². The Balaban J connectivity index is 1.41. The molecule has 0 spiro atoms. The molecule has 0 saturated heterocycles. The van der Waals surface area contributed by atoms with Gasteiger partial charge in [-0.05, 0) is 60.7 Å². The summed E-state index contributed by atoms with van der Waals surface area (Å²) < 4.78 is 10.4. The van der Waals surface area contributed by atoms with Crippen LogP contribution in [0, 0.1) is 0 Å². The Hall–Kier alpha value is -3.12. The van der Waals surface area contributed by atoms with Gasteiger partial charge in [-0.25, -0.2) is 4.79 Å². The smallest absolute Gasteiger partial charge is 0.374 e. The molecular formula is C21H16ClNO5. The van der Waals surface area contributed by atoms with E-state index in [0.717, 1.165) is 25.3 Å². The normalized spacial score (nSPS) is 12.6. The number of ether oxygens (including phenoxy) is 1. The number of anilines is 1. The Bertz CT molecular complexity index is 1150. The van der Waals surface area contributed by atoms with E-state index < -0.39 is 23.9 Å². The van der Waals surface area contributed by atoms with E-state index in [1.54, 1.807) is 6.07 Å². The van der Waals surface area contributed by atoms with E-state index in [1.165, 1.54) is 23.3 Å². The highest BCUT2D eigenvalue weighted by atomic mass is 35.5. The first-order chi connectivity index (χ1) is 13.5. The van der Waals surface area contributed by atoms with Gasteiger partial charge in [0.25, 0.3) is 5.91 Å². The number of nitrogens with one attached hydrogen (secondary N) is 1. The fourth-order valence-electron chi connectivity index (χ4n) is 3.28. The zero-order chi connectivity index (χ0) is 19.7. The van der Waals surface area contributed by atoms with Gasteiger partial charge < -0.3 is 14.5 Å². The molecular weight excluding hydrogens is 382 g/mol. The van der Waals surface area contributed by atoms with Gasteiger partial charge in [-0.3, -0.25) is 9.59 Å². The number of carbonyl (C=O) groups is 2. The average Bonchev–Trinajstić information content (AvgIpc) is 3.14. The van der Waals surface area contributed by atoms with Crippen LogP contribution in [-0.4, -0.2) is 18.5 Å². The predicted octanol–water partition coefficient (Wildman–Crippen LogP) is 3.73. The minimum Gasteiger partial charge on any atom is -0.450 e. The van der Waals surface area contributed by atoms with E-state index in [4.69, 9.17) is 20.8 Å². The molecule has 0 saturated carbocycles. The number of aryl methyl sites for hydroxylation is 2. The van der Waals surface area contributed by atoms with Crippen LogP contribution in [0.4, 0.5) is 5.69 Å². The number of benzene rings is 2. The first kappa shape index (κ1) is 18.3. The first-order valence-electron chi connectivity index (χ1n) is 8.82. The number of amides is 1. The van der Waals surface area contributed by atoms with Crippen LogP contribution < -0.4 is 10.7 Å². The third-order valence-corrected chi connectivity index (χ3v) is 4.84. The van der Waals surface area contributed by atoms with Gasteiger partial charge in [0.15, 0.2) is 12.0 Å². The van der Waals surface area contributed by atoms with Gasteiger partial charge in [0.05, 0.1) is 5.39 Å². The molecule has 0 fully saturated rings. The molecule has 1 aliphatic carbocycles. The van der Waals surface area contributed by atoms with E-state index in [2.05, 4.69) is 5.32 Å². The molecule has 0 atom stereocenters. The summed E-state index contributed by atoms with van der Waals surface area (Å²) in [6.45, 7) is -0.488. The molecule has 1 aliphatic rings. The van der Waals surface area contributed by atoms with Gasteiger partial charge in [0.2, 0.25) is 5.76 Å². The molecule has 6 nitrogen and oxygen atoms in total. The van der Waals surface area contributed by atoms with E-state index in [1.807, 2.05) is 18.2 Å². The monoisotopic (exact) mass is 397 g/mol. The highest BCUT2D eigenvalue weighted by molar-refractivity contribution is 6.31. The van der Waals surface area contributed by atoms with Gasteiger partial charge >= 0.3 is 5.97 Å². The Kier molecular flexibility index (Phi) is 4.88. The van der Waals surface area contributed by atoms with Crippen LogP contribution in [0.5, 0.6) is 0 Å². The zero-order valence-electron chi connectivity index (χ0n) is 14.8. The van der Waals surface area contributed by atoms with Crippen molar-refractivity contribution in [3.05, 3.63) is 74.6 Å². The third kappa shape index (κ3) is 3.77. The molecule has 1 N–H and O–H groups in total. The van der Waals surface area contributed by atoms with Gasteiger partial charge in [-0.2, -0.15) is 0 Å². The molecule has 28 heavy (non-hydrogen) atoms. The van der Waals surface area contributed by atoms with E-state index >= 15 is 0 Å². The van der Waals surface area contributed by atoms with Crippen molar-refractivity contribution in [2.75, 3.05) is 11.9 Å². The molecule has 0 bridgehead atoms. The summed E-state index contributed by atoms with van der Waals surface area (Å²) in [4.78, 5) is 36.3. The van der Waals surface area contributed by atoms with Crippen LogP contribution in [-0.2, 0) is 22.4 Å². The number of halogens is 1. The molecule has 4 rings (SSSR count). The number of hydrogen-bond donors (Lipinski definition) is 1. The van der Waals surface area contributed by atoms with Crippen LogP contribution in [0.25, 0.3) is 11.0 Å². The minimum absolute atomic E-state index is 0.214. The van der Waals surface area contributed by atoms with Crippen molar-refractivity contribution in [3.8, 4) is 0 Å². The quantitative estimate of drug-likeness (QED) is 0.678. The van der Waals surface area contributed by atoms with E-state index in [-0.39, 0.29) is 16.7 Å². The van der Waals surface area contributed by atoms with Crippen LogP contribution in [0.15, 0.2) is 51.7 Å². The lowest BCUT2D eigenvalue weighted by molar-refractivity contribution is -0.119. The largest absolute Gasteiger partial charge is 0.450 e. The summed E-state index contributed by atoms with van der Waals surface area (Å²) in [5.41, 5.74) is 2.99. The Morgan fingerprint density at radius 1 is 1.07 bits per heavy atom. The summed E-state index contributed by atoms with van der Waals surface area (Å²) in [6, 6.07) is 11.3. The molecule has 142 valence electrons.